The molecule has 0 saturated heterocycles. The van der Waals surface area contributed by atoms with E-state index in [9.17, 15) is 58.2 Å². The first kappa shape index (κ1) is 23.7. The highest BCUT2D eigenvalue weighted by atomic mass is 19.4. The number of rotatable bonds is 6. The smallest absolute Gasteiger partial charge is 0.460 e. The number of ether oxygens (including phenoxy) is 1. The third-order valence-electron chi connectivity index (χ3n) is 3.00. The Hall–Kier alpha value is -1.34. The third-order valence-corrected chi connectivity index (χ3v) is 3.00. The molecule has 0 spiro atoms. The Morgan fingerprint density at radius 2 is 1.24 bits per heavy atom. The van der Waals surface area contributed by atoms with Crippen LogP contribution in [0.25, 0.3) is 0 Å². The van der Waals surface area contributed by atoms with Crippen molar-refractivity contribution in [3.63, 3.8) is 0 Å². The molecule has 25 heavy (non-hydrogen) atoms. The fourth-order valence-electron chi connectivity index (χ4n) is 1.65. The molecule has 0 aromatic heterocycles. The Morgan fingerprint density at radius 1 is 0.840 bits per heavy atom. The van der Waals surface area contributed by atoms with Gasteiger partial charge in [0.05, 0.1) is 6.61 Å². The molecule has 150 valence electrons. The standard InChI is InChI=1S/C11H11F11O3/c1-3-25-5(23)6(2,24)4-7(12,10(17,18)19)8(13,14)9(15,16)11(20,21)22/h24H,3-4H2,1-2H3. The van der Waals surface area contributed by atoms with E-state index in [-0.39, 0.29) is 6.92 Å². The van der Waals surface area contributed by atoms with Crippen LogP contribution < -0.4 is 0 Å². The minimum Gasteiger partial charge on any atom is -0.464 e. The van der Waals surface area contributed by atoms with E-state index >= 15 is 0 Å². The summed E-state index contributed by atoms with van der Waals surface area (Å²) >= 11 is 0. The molecule has 2 unspecified atom stereocenters. The van der Waals surface area contributed by atoms with E-state index in [0.29, 0.717) is 0 Å². The third kappa shape index (κ3) is 3.92. The van der Waals surface area contributed by atoms with Crippen LogP contribution in [0.15, 0.2) is 0 Å². The summed E-state index contributed by atoms with van der Waals surface area (Å²) in [7, 11) is 0. The molecular formula is C11H11F11O3. The van der Waals surface area contributed by atoms with Crippen molar-refractivity contribution in [3.05, 3.63) is 0 Å². The lowest BCUT2D eigenvalue weighted by atomic mass is 9.81. The fraction of sp³-hybridized carbons (Fsp3) is 0.909. The van der Waals surface area contributed by atoms with Gasteiger partial charge in [0.15, 0.2) is 5.60 Å². The topological polar surface area (TPSA) is 46.5 Å². The number of alkyl halides is 11. The highest BCUT2D eigenvalue weighted by Crippen LogP contribution is 2.59. The quantitative estimate of drug-likeness (QED) is 0.545. The number of carbonyl (C=O) groups excluding carboxylic acids is 1. The summed E-state index contributed by atoms with van der Waals surface area (Å²) in [5.74, 6) is -17.0. The molecule has 0 rings (SSSR count). The molecule has 2 atom stereocenters. The lowest BCUT2D eigenvalue weighted by Gasteiger charge is -2.41. The largest absolute Gasteiger partial charge is 0.464 e. The molecule has 0 aromatic carbocycles. The number of aliphatic hydroxyl groups is 1. The van der Waals surface area contributed by atoms with Gasteiger partial charge in [0, 0.05) is 6.42 Å². The molecule has 0 fully saturated rings. The Balaban J connectivity index is 6.32. The van der Waals surface area contributed by atoms with Crippen molar-refractivity contribution >= 4 is 5.97 Å². The predicted molar refractivity (Wildman–Crippen MR) is 57.7 cm³/mol. The Labute approximate surface area is 132 Å². The van der Waals surface area contributed by atoms with Gasteiger partial charge >= 0.3 is 30.2 Å². The van der Waals surface area contributed by atoms with E-state index in [1.807, 2.05) is 0 Å². The molecule has 3 nitrogen and oxygen atoms in total. The second-order valence-corrected chi connectivity index (χ2v) is 5.12. The van der Waals surface area contributed by atoms with Crippen LogP contribution in [0.2, 0.25) is 0 Å². The number of hydrogen-bond donors (Lipinski definition) is 1. The van der Waals surface area contributed by atoms with Crippen molar-refractivity contribution < 1.29 is 62.9 Å². The summed E-state index contributed by atoms with van der Waals surface area (Å²) in [5, 5.41) is 9.37. The molecule has 0 saturated carbocycles. The van der Waals surface area contributed by atoms with Crippen molar-refractivity contribution in [3.8, 4) is 0 Å². The number of hydrogen-bond acceptors (Lipinski definition) is 3. The van der Waals surface area contributed by atoms with Gasteiger partial charge in [0.25, 0.3) is 5.67 Å². The van der Waals surface area contributed by atoms with Crippen molar-refractivity contribution in [1.82, 2.24) is 0 Å². The molecule has 1 N–H and O–H groups in total. The van der Waals surface area contributed by atoms with Crippen LogP contribution in [0.4, 0.5) is 48.3 Å². The first-order valence-corrected chi connectivity index (χ1v) is 6.16. The van der Waals surface area contributed by atoms with Gasteiger partial charge in [-0.15, -0.1) is 0 Å². The van der Waals surface area contributed by atoms with Gasteiger partial charge in [-0.3, -0.25) is 0 Å². The average Bonchev–Trinajstić information content (AvgIpc) is 2.35. The molecule has 0 aliphatic rings. The Morgan fingerprint density at radius 3 is 1.52 bits per heavy atom. The molecule has 0 amide bonds. The van der Waals surface area contributed by atoms with Crippen molar-refractivity contribution in [2.24, 2.45) is 0 Å². The lowest BCUT2D eigenvalue weighted by Crippen LogP contribution is -2.69. The molecule has 0 aliphatic heterocycles. The van der Waals surface area contributed by atoms with Gasteiger partial charge < -0.3 is 9.84 Å². The van der Waals surface area contributed by atoms with Crippen LogP contribution in [-0.2, 0) is 9.53 Å². The Kier molecular flexibility index (Phi) is 6.09. The maximum absolute atomic E-state index is 14.0. The molecule has 14 heteroatoms. The second kappa shape index (κ2) is 6.43. The first-order chi connectivity index (χ1) is 10.7. The maximum Gasteiger partial charge on any atom is 0.460 e. The van der Waals surface area contributed by atoms with Crippen LogP contribution in [0.1, 0.15) is 20.3 Å². The molecular weight excluding hydrogens is 389 g/mol. The Bertz CT molecular complexity index is 494. The summed E-state index contributed by atoms with van der Waals surface area (Å²) in [6, 6.07) is 0. The van der Waals surface area contributed by atoms with E-state index in [2.05, 4.69) is 4.74 Å². The van der Waals surface area contributed by atoms with Crippen molar-refractivity contribution in [2.75, 3.05) is 6.61 Å². The van der Waals surface area contributed by atoms with Crippen LogP contribution in [0.3, 0.4) is 0 Å². The van der Waals surface area contributed by atoms with E-state index in [1.54, 1.807) is 0 Å². The minimum absolute atomic E-state index is 0.00707. The molecule has 0 aromatic rings. The summed E-state index contributed by atoms with van der Waals surface area (Å²) in [4.78, 5) is 11.2. The van der Waals surface area contributed by atoms with Gasteiger partial charge in [-0.1, -0.05) is 0 Å². The summed E-state index contributed by atoms with van der Waals surface area (Å²) < 4.78 is 145. The van der Waals surface area contributed by atoms with Crippen LogP contribution in [0.5, 0.6) is 0 Å². The fourth-order valence-corrected chi connectivity index (χ4v) is 1.65. The van der Waals surface area contributed by atoms with Gasteiger partial charge in [0.1, 0.15) is 0 Å². The first-order valence-electron chi connectivity index (χ1n) is 6.16. The zero-order valence-electron chi connectivity index (χ0n) is 12.3. The molecule has 0 radical (unpaired) electrons. The maximum atomic E-state index is 14.0. The van der Waals surface area contributed by atoms with Gasteiger partial charge in [0.2, 0.25) is 0 Å². The van der Waals surface area contributed by atoms with Gasteiger partial charge in [-0.05, 0) is 13.8 Å². The van der Waals surface area contributed by atoms with Gasteiger partial charge in [-0.25, -0.2) is 9.18 Å². The lowest BCUT2D eigenvalue weighted by molar-refractivity contribution is -0.415. The van der Waals surface area contributed by atoms with E-state index in [4.69, 9.17) is 0 Å². The number of carbonyl (C=O) groups is 1. The van der Waals surface area contributed by atoms with E-state index < -0.39 is 54.5 Å². The number of esters is 1. The van der Waals surface area contributed by atoms with Crippen LogP contribution >= 0.6 is 0 Å². The van der Waals surface area contributed by atoms with Crippen molar-refractivity contribution in [2.45, 2.75) is 55.7 Å². The summed E-state index contributed by atoms with van der Waals surface area (Å²) in [6.07, 6.45) is -17.4. The van der Waals surface area contributed by atoms with Crippen LogP contribution in [0, 0.1) is 0 Å². The number of halogens is 11. The van der Waals surface area contributed by atoms with Gasteiger partial charge in [-0.2, -0.15) is 43.9 Å². The minimum atomic E-state index is -7.46. The summed E-state index contributed by atoms with van der Waals surface area (Å²) in [5.41, 5.74) is -10.4. The van der Waals surface area contributed by atoms with E-state index in [1.165, 1.54) is 0 Å². The van der Waals surface area contributed by atoms with E-state index in [0.717, 1.165) is 6.92 Å². The molecule has 0 heterocycles. The predicted octanol–water partition coefficient (Wildman–Crippen LogP) is 3.79. The zero-order chi connectivity index (χ0) is 20.7. The highest BCUT2D eigenvalue weighted by Gasteiger charge is 2.87. The normalized spacial score (nSPS) is 19.1. The van der Waals surface area contributed by atoms with Crippen LogP contribution in [-0.4, -0.2) is 53.2 Å². The zero-order valence-corrected chi connectivity index (χ0v) is 12.3. The SMILES string of the molecule is CCOC(=O)C(C)(O)CC(F)(C(F)(F)F)C(F)(F)C(F)(F)C(F)(F)F. The second-order valence-electron chi connectivity index (χ2n) is 5.12. The monoisotopic (exact) mass is 400 g/mol. The molecule has 0 aliphatic carbocycles. The van der Waals surface area contributed by atoms with Crippen molar-refractivity contribution in [1.29, 1.82) is 0 Å². The highest BCUT2D eigenvalue weighted by molar-refractivity contribution is 5.78. The summed E-state index contributed by atoms with van der Waals surface area (Å²) in [6.45, 7) is 0.384. The average molecular weight is 400 g/mol. The molecule has 0 bridgehead atoms.